The van der Waals surface area contributed by atoms with Gasteiger partial charge in [0.05, 0.1) is 12.1 Å². The van der Waals surface area contributed by atoms with E-state index in [4.69, 9.17) is 14.4 Å². The Balaban J connectivity index is 2.21. The summed E-state index contributed by atoms with van der Waals surface area (Å²) in [6.45, 7) is 5.31. The van der Waals surface area contributed by atoms with E-state index in [9.17, 15) is 9.59 Å². The monoisotopic (exact) mass is 321 g/mol. The van der Waals surface area contributed by atoms with Gasteiger partial charge in [0.1, 0.15) is 5.76 Å². The van der Waals surface area contributed by atoms with Crippen LogP contribution >= 0.6 is 0 Å². The molecule has 0 aliphatic rings. The molecule has 8 nitrogen and oxygen atoms in total. The first-order chi connectivity index (χ1) is 10.8. The van der Waals surface area contributed by atoms with E-state index in [1.807, 2.05) is 6.92 Å². The van der Waals surface area contributed by atoms with Gasteiger partial charge in [0, 0.05) is 24.6 Å². The molecule has 2 N–H and O–H groups in total. The zero-order valence-electron chi connectivity index (χ0n) is 13.4. The van der Waals surface area contributed by atoms with Crippen LogP contribution < -0.4 is 5.32 Å². The van der Waals surface area contributed by atoms with E-state index in [0.717, 1.165) is 5.69 Å². The first kappa shape index (κ1) is 16.8. The molecule has 0 bridgehead atoms. The van der Waals surface area contributed by atoms with E-state index in [2.05, 4.69) is 10.5 Å². The van der Waals surface area contributed by atoms with Gasteiger partial charge < -0.3 is 19.7 Å². The van der Waals surface area contributed by atoms with E-state index >= 15 is 0 Å². The van der Waals surface area contributed by atoms with Crippen LogP contribution in [-0.4, -0.2) is 46.5 Å². The van der Waals surface area contributed by atoms with E-state index in [1.165, 1.54) is 7.11 Å². The van der Waals surface area contributed by atoms with E-state index in [-0.39, 0.29) is 12.5 Å². The van der Waals surface area contributed by atoms with Crippen molar-refractivity contribution in [3.63, 3.8) is 0 Å². The maximum Gasteiger partial charge on any atom is 0.334 e. The average Bonchev–Trinajstić information content (AvgIpc) is 3.02. The van der Waals surface area contributed by atoms with Gasteiger partial charge in [0.25, 0.3) is 5.91 Å². The minimum absolute atomic E-state index is 0.114. The summed E-state index contributed by atoms with van der Waals surface area (Å²) in [5.74, 6) is -0.232. The van der Waals surface area contributed by atoms with Gasteiger partial charge >= 0.3 is 5.97 Å². The highest BCUT2D eigenvalue weighted by Gasteiger charge is 2.21. The molecule has 0 fully saturated rings. The molecule has 0 saturated carbocycles. The molecular formula is C15H19N3O5. The van der Waals surface area contributed by atoms with Crippen molar-refractivity contribution < 1.29 is 24.0 Å². The molecule has 23 heavy (non-hydrogen) atoms. The maximum atomic E-state index is 12.3. The highest BCUT2D eigenvalue weighted by atomic mass is 16.5. The van der Waals surface area contributed by atoms with Gasteiger partial charge in [0.2, 0.25) is 0 Å². The number of nitrogens with zero attached hydrogens (tertiary/aromatic N) is 2. The molecule has 0 saturated heterocycles. The quantitative estimate of drug-likeness (QED) is 0.828. The van der Waals surface area contributed by atoms with E-state index in [1.54, 1.807) is 30.5 Å². The predicted molar refractivity (Wildman–Crippen MR) is 80.8 cm³/mol. The topological polar surface area (TPSA) is 107 Å². The second-order valence-corrected chi connectivity index (χ2v) is 5.19. The molecule has 1 unspecified atom stereocenters. The standard InChI is InChI=1S/C15H19N3O5/c1-8-5-11(14(19)16-7-12(22-4)15(20)21)10(3)18(8)13-6-9(2)23-17-13/h5-6,12H,7H2,1-4H3,(H,16,19)(H,20,21). The molecule has 0 aromatic carbocycles. The number of aromatic nitrogens is 2. The molecular weight excluding hydrogens is 302 g/mol. The molecule has 0 aliphatic heterocycles. The first-order valence-corrected chi connectivity index (χ1v) is 7.01. The van der Waals surface area contributed by atoms with Crippen molar-refractivity contribution >= 4 is 11.9 Å². The fourth-order valence-electron chi connectivity index (χ4n) is 2.36. The molecule has 2 rings (SSSR count). The Hall–Kier alpha value is -2.61. The third kappa shape index (κ3) is 3.42. The van der Waals surface area contributed by atoms with Crippen LogP contribution in [0.4, 0.5) is 0 Å². The second-order valence-electron chi connectivity index (χ2n) is 5.19. The molecule has 0 aliphatic carbocycles. The Kier molecular flexibility index (Phi) is 4.85. The highest BCUT2D eigenvalue weighted by molar-refractivity contribution is 5.96. The number of aliphatic carboxylic acids is 1. The largest absolute Gasteiger partial charge is 0.479 e. The second kappa shape index (κ2) is 6.66. The summed E-state index contributed by atoms with van der Waals surface area (Å²) >= 11 is 0. The number of carbonyl (C=O) groups is 2. The summed E-state index contributed by atoms with van der Waals surface area (Å²) in [7, 11) is 1.28. The maximum absolute atomic E-state index is 12.3. The lowest BCUT2D eigenvalue weighted by Crippen LogP contribution is -2.37. The summed E-state index contributed by atoms with van der Waals surface area (Å²) in [5.41, 5.74) is 1.96. The summed E-state index contributed by atoms with van der Waals surface area (Å²) in [6, 6.07) is 3.49. The third-order valence-electron chi connectivity index (χ3n) is 3.53. The average molecular weight is 321 g/mol. The number of aryl methyl sites for hydroxylation is 2. The Bertz CT molecular complexity index is 732. The zero-order chi connectivity index (χ0) is 17.1. The lowest BCUT2D eigenvalue weighted by atomic mass is 10.2. The van der Waals surface area contributed by atoms with Gasteiger partial charge in [-0.05, 0) is 26.8 Å². The lowest BCUT2D eigenvalue weighted by molar-refractivity contribution is -0.148. The Morgan fingerprint density at radius 1 is 1.39 bits per heavy atom. The van der Waals surface area contributed by atoms with Gasteiger partial charge in [-0.3, -0.25) is 9.36 Å². The van der Waals surface area contributed by atoms with Crippen LogP contribution in [0.15, 0.2) is 16.7 Å². The number of hydrogen-bond donors (Lipinski definition) is 2. The smallest absolute Gasteiger partial charge is 0.334 e. The van der Waals surface area contributed by atoms with Crippen molar-refractivity contribution in [3.8, 4) is 5.82 Å². The minimum atomic E-state index is -1.13. The van der Waals surface area contributed by atoms with Crippen LogP contribution in [0.2, 0.25) is 0 Å². The fraction of sp³-hybridized carbons (Fsp3) is 0.400. The molecule has 8 heteroatoms. The number of carboxylic acid groups (broad SMARTS) is 1. The fourth-order valence-corrected chi connectivity index (χ4v) is 2.36. The first-order valence-electron chi connectivity index (χ1n) is 7.01. The predicted octanol–water partition coefficient (Wildman–Crippen LogP) is 1.22. The van der Waals surface area contributed by atoms with E-state index in [0.29, 0.717) is 22.8 Å². The Morgan fingerprint density at radius 3 is 2.61 bits per heavy atom. The van der Waals surface area contributed by atoms with Crippen molar-refractivity contribution in [3.05, 3.63) is 34.8 Å². The normalized spacial score (nSPS) is 12.2. The van der Waals surface area contributed by atoms with Crippen LogP contribution in [0.5, 0.6) is 0 Å². The number of methoxy groups -OCH3 is 1. The molecule has 2 heterocycles. The number of carbonyl (C=O) groups excluding carboxylic acids is 1. The Morgan fingerprint density at radius 2 is 2.09 bits per heavy atom. The number of rotatable bonds is 6. The SMILES string of the molecule is COC(CNC(=O)c1cc(C)n(-c2cc(C)on2)c1C)C(=O)O. The number of carboxylic acids is 1. The van der Waals surface area contributed by atoms with Crippen LogP contribution in [0.3, 0.4) is 0 Å². The molecule has 2 aromatic heterocycles. The third-order valence-corrected chi connectivity index (χ3v) is 3.53. The Labute approximate surface area is 133 Å². The van der Waals surface area contributed by atoms with Crippen LogP contribution in [0, 0.1) is 20.8 Å². The summed E-state index contributed by atoms with van der Waals surface area (Å²) < 4.78 is 11.7. The van der Waals surface area contributed by atoms with Gasteiger partial charge in [-0.2, -0.15) is 0 Å². The number of amides is 1. The molecule has 0 spiro atoms. The molecule has 0 radical (unpaired) electrons. The van der Waals surface area contributed by atoms with Crippen LogP contribution in [0.1, 0.15) is 27.5 Å². The number of nitrogens with one attached hydrogen (secondary N) is 1. The summed E-state index contributed by atoms with van der Waals surface area (Å²) in [5, 5.41) is 15.4. The van der Waals surface area contributed by atoms with Crippen LogP contribution in [-0.2, 0) is 9.53 Å². The molecule has 1 amide bonds. The van der Waals surface area contributed by atoms with Crippen molar-refractivity contribution in [1.82, 2.24) is 15.0 Å². The molecule has 2 aromatic rings. The van der Waals surface area contributed by atoms with Gasteiger partial charge in [-0.15, -0.1) is 0 Å². The van der Waals surface area contributed by atoms with Gasteiger partial charge in [0.15, 0.2) is 11.9 Å². The molecule has 1 atom stereocenters. The van der Waals surface area contributed by atoms with Crippen molar-refractivity contribution in [2.24, 2.45) is 0 Å². The van der Waals surface area contributed by atoms with Gasteiger partial charge in [-0.1, -0.05) is 5.16 Å². The summed E-state index contributed by atoms with van der Waals surface area (Å²) in [6.07, 6.45) is -1.08. The number of ether oxygens (including phenoxy) is 1. The zero-order valence-corrected chi connectivity index (χ0v) is 13.4. The van der Waals surface area contributed by atoms with Crippen molar-refractivity contribution in [1.29, 1.82) is 0 Å². The summed E-state index contributed by atoms with van der Waals surface area (Å²) in [4.78, 5) is 23.2. The van der Waals surface area contributed by atoms with Crippen molar-refractivity contribution in [2.45, 2.75) is 26.9 Å². The lowest BCUT2D eigenvalue weighted by Gasteiger charge is -2.11. The minimum Gasteiger partial charge on any atom is -0.479 e. The van der Waals surface area contributed by atoms with Crippen LogP contribution in [0.25, 0.3) is 5.82 Å². The van der Waals surface area contributed by atoms with Crippen molar-refractivity contribution in [2.75, 3.05) is 13.7 Å². The number of hydrogen-bond acceptors (Lipinski definition) is 5. The van der Waals surface area contributed by atoms with E-state index < -0.39 is 12.1 Å². The highest BCUT2D eigenvalue weighted by Crippen LogP contribution is 2.20. The van der Waals surface area contributed by atoms with Gasteiger partial charge in [-0.25, -0.2) is 4.79 Å². The molecule has 124 valence electrons.